The van der Waals surface area contributed by atoms with Gasteiger partial charge < -0.3 is 10.5 Å². The first-order chi connectivity index (χ1) is 16.5. The number of carbonyl (C=O) groups is 2. The maximum Gasteiger partial charge on any atom is 0.310 e. The van der Waals surface area contributed by atoms with Crippen LogP contribution in [0.15, 0.2) is 53.9 Å². The van der Waals surface area contributed by atoms with Gasteiger partial charge in [-0.1, -0.05) is 43.2 Å². The molecule has 8 heteroatoms. The van der Waals surface area contributed by atoms with Crippen molar-refractivity contribution in [2.75, 3.05) is 7.11 Å². The van der Waals surface area contributed by atoms with Gasteiger partial charge >= 0.3 is 5.97 Å². The monoisotopic (exact) mass is 478 g/mol. The van der Waals surface area contributed by atoms with Crippen LogP contribution in [-0.4, -0.2) is 30.9 Å². The number of thiophene rings is 1. The molecule has 2 unspecified atom stereocenters. The van der Waals surface area contributed by atoms with Gasteiger partial charge in [0, 0.05) is 16.3 Å². The maximum atomic E-state index is 13.5. The van der Waals surface area contributed by atoms with Crippen LogP contribution in [0.1, 0.15) is 48.3 Å². The van der Waals surface area contributed by atoms with Crippen LogP contribution in [0.5, 0.6) is 0 Å². The summed E-state index contributed by atoms with van der Waals surface area (Å²) in [5.41, 5.74) is 14.4. The fourth-order valence-corrected chi connectivity index (χ4v) is 5.66. The lowest BCUT2D eigenvalue weighted by Crippen LogP contribution is -2.52. The largest absolute Gasteiger partial charge is 0.469 e. The SMILES string of the molecule is COC(=O)[C@@H]1CCCCC1NNC(=O)C(Cc1ccccc1)c1csc2ccc(C(=N)N)cc12. The van der Waals surface area contributed by atoms with Crippen LogP contribution in [0.4, 0.5) is 0 Å². The number of methoxy groups -OCH3 is 1. The lowest BCUT2D eigenvalue weighted by atomic mass is 9.85. The Morgan fingerprint density at radius 3 is 2.68 bits per heavy atom. The highest BCUT2D eigenvalue weighted by molar-refractivity contribution is 7.17. The summed E-state index contributed by atoms with van der Waals surface area (Å²) >= 11 is 1.57. The average molecular weight is 479 g/mol. The van der Waals surface area contributed by atoms with Gasteiger partial charge in [0.25, 0.3) is 0 Å². The van der Waals surface area contributed by atoms with Gasteiger partial charge in [0.15, 0.2) is 0 Å². The van der Waals surface area contributed by atoms with Crippen LogP contribution in [0.25, 0.3) is 10.1 Å². The predicted octanol–water partition coefficient (Wildman–Crippen LogP) is 3.86. The predicted molar refractivity (Wildman–Crippen MR) is 135 cm³/mol. The molecule has 1 aliphatic carbocycles. The summed E-state index contributed by atoms with van der Waals surface area (Å²) in [4.78, 5) is 25.8. The van der Waals surface area contributed by atoms with Crippen LogP contribution in [-0.2, 0) is 20.7 Å². The van der Waals surface area contributed by atoms with Gasteiger partial charge in [0.1, 0.15) is 5.84 Å². The maximum absolute atomic E-state index is 13.5. The van der Waals surface area contributed by atoms with Crippen molar-refractivity contribution in [3.05, 3.63) is 70.6 Å². The van der Waals surface area contributed by atoms with Crippen molar-refractivity contribution in [2.45, 2.75) is 44.1 Å². The summed E-state index contributed by atoms with van der Waals surface area (Å²) in [6, 6.07) is 15.4. The number of hydrogen-bond acceptors (Lipinski definition) is 6. The molecule has 0 saturated heterocycles. The van der Waals surface area contributed by atoms with Crippen LogP contribution in [0, 0.1) is 11.3 Å². The highest BCUT2D eigenvalue weighted by Gasteiger charge is 2.33. The Labute approximate surface area is 203 Å². The molecule has 0 bridgehead atoms. The summed E-state index contributed by atoms with van der Waals surface area (Å²) in [5, 5.41) is 10.8. The Morgan fingerprint density at radius 2 is 1.94 bits per heavy atom. The van der Waals surface area contributed by atoms with Crippen molar-refractivity contribution in [1.29, 1.82) is 5.41 Å². The molecule has 5 N–H and O–H groups in total. The summed E-state index contributed by atoms with van der Waals surface area (Å²) < 4.78 is 6.01. The van der Waals surface area contributed by atoms with Crippen LogP contribution < -0.4 is 16.6 Å². The number of hydrogen-bond donors (Lipinski definition) is 4. The van der Waals surface area contributed by atoms with E-state index < -0.39 is 5.92 Å². The summed E-state index contributed by atoms with van der Waals surface area (Å²) in [6.45, 7) is 0. The molecule has 3 atom stereocenters. The lowest BCUT2D eigenvalue weighted by Gasteiger charge is -2.31. The second kappa shape index (κ2) is 10.8. The smallest absolute Gasteiger partial charge is 0.310 e. The highest BCUT2D eigenvalue weighted by Crippen LogP contribution is 2.34. The first kappa shape index (κ1) is 23.9. The van der Waals surface area contributed by atoms with Gasteiger partial charge in [0.2, 0.25) is 5.91 Å². The summed E-state index contributed by atoms with van der Waals surface area (Å²) in [5.74, 6) is -1.13. The summed E-state index contributed by atoms with van der Waals surface area (Å²) in [7, 11) is 1.40. The number of amidine groups is 1. The first-order valence-electron chi connectivity index (χ1n) is 11.5. The van der Waals surface area contributed by atoms with Crippen molar-refractivity contribution >= 4 is 39.1 Å². The Morgan fingerprint density at radius 1 is 1.18 bits per heavy atom. The molecule has 1 saturated carbocycles. The third-order valence-corrected chi connectivity index (χ3v) is 7.52. The molecule has 7 nitrogen and oxygen atoms in total. The van der Waals surface area contributed by atoms with Crippen LogP contribution in [0.2, 0.25) is 0 Å². The van der Waals surface area contributed by atoms with Gasteiger partial charge in [-0.15, -0.1) is 11.3 Å². The Bertz CT molecular complexity index is 1180. The summed E-state index contributed by atoms with van der Waals surface area (Å²) in [6.07, 6.45) is 4.04. The van der Waals surface area contributed by atoms with E-state index in [9.17, 15) is 9.59 Å². The lowest BCUT2D eigenvalue weighted by molar-refractivity contribution is -0.148. The molecule has 0 aliphatic heterocycles. The number of amides is 1. The number of esters is 1. The second-order valence-electron chi connectivity index (χ2n) is 8.71. The van der Waals surface area contributed by atoms with Crippen molar-refractivity contribution in [1.82, 2.24) is 10.9 Å². The van der Waals surface area contributed by atoms with Gasteiger partial charge in [-0.2, -0.15) is 0 Å². The van der Waals surface area contributed by atoms with E-state index in [2.05, 4.69) is 10.9 Å². The molecule has 2 aromatic carbocycles. The number of carbonyl (C=O) groups excluding carboxylic acids is 2. The van der Waals surface area contributed by atoms with E-state index in [0.29, 0.717) is 12.0 Å². The van der Waals surface area contributed by atoms with Crippen molar-refractivity contribution in [3.63, 3.8) is 0 Å². The molecule has 1 fully saturated rings. The van der Waals surface area contributed by atoms with Crippen LogP contribution in [0.3, 0.4) is 0 Å². The fraction of sp³-hybridized carbons (Fsp3) is 0.346. The third-order valence-electron chi connectivity index (χ3n) is 6.54. The molecule has 1 aromatic heterocycles. The number of fused-ring (bicyclic) bond motifs is 1. The standard InChI is InChI=1S/C26H30N4O3S/c1-33-26(32)18-9-5-6-10-22(18)29-30-25(31)20(13-16-7-3-2-4-8-16)21-15-34-23-12-11-17(24(27)28)14-19(21)23/h2-4,7-8,11-12,14-15,18,20,22,29H,5-6,9-10,13H2,1H3,(H3,27,28)(H,30,31)/t18-,20?,22?/m1/s1. The fourth-order valence-electron chi connectivity index (χ4n) is 4.67. The molecule has 3 aromatic rings. The van der Waals surface area contributed by atoms with E-state index in [4.69, 9.17) is 15.9 Å². The van der Waals surface area contributed by atoms with E-state index in [-0.39, 0.29) is 29.7 Å². The number of rotatable bonds is 8. The van der Waals surface area contributed by atoms with Gasteiger partial charge in [0.05, 0.1) is 18.9 Å². The molecule has 1 heterocycles. The zero-order valence-electron chi connectivity index (χ0n) is 19.2. The zero-order valence-corrected chi connectivity index (χ0v) is 20.0. The Balaban J connectivity index is 1.61. The first-order valence-corrected chi connectivity index (χ1v) is 12.4. The van der Waals surface area contributed by atoms with Gasteiger partial charge in [-0.3, -0.25) is 20.4 Å². The van der Waals surface area contributed by atoms with E-state index in [1.54, 1.807) is 11.3 Å². The molecular formula is C26H30N4O3S. The minimum atomic E-state index is -0.453. The van der Waals surface area contributed by atoms with Crippen LogP contribution >= 0.6 is 11.3 Å². The Kier molecular flexibility index (Phi) is 7.59. The zero-order chi connectivity index (χ0) is 24.1. The molecule has 1 aliphatic rings. The molecule has 34 heavy (non-hydrogen) atoms. The van der Waals surface area contributed by atoms with E-state index in [0.717, 1.165) is 46.9 Å². The van der Waals surface area contributed by atoms with Gasteiger partial charge in [-0.25, -0.2) is 5.43 Å². The number of nitrogens with one attached hydrogen (secondary N) is 3. The third kappa shape index (κ3) is 5.29. The van der Waals surface area contributed by atoms with E-state index in [1.807, 2.05) is 53.9 Å². The normalized spacial score (nSPS) is 18.9. The highest BCUT2D eigenvalue weighted by atomic mass is 32.1. The van der Waals surface area contributed by atoms with Crippen molar-refractivity contribution in [2.24, 2.45) is 11.7 Å². The molecule has 1 amide bonds. The molecular weight excluding hydrogens is 448 g/mol. The quantitative estimate of drug-likeness (QED) is 0.170. The number of hydrazine groups is 1. The Hall–Kier alpha value is -3.23. The second-order valence-corrected chi connectivity index (χ2v) is 9.62. The minimum Gasteiger partial charge on any atom is -0.469 e. The molecule has 178 valence electrons. The number of ether oxygens (including phenoxy) is 1. The van der Waals surface area contributed by atoms with Crippen molar-refractivity contribution < 1.29 is 14.3 Å². The topological polar surface area (TPSA) is 117 Å². The average Bonchev–Trinajstić information content (AvgIpc) is 3.29. The minimum absolute atomic E-state index is 0.00377. The number of nitrogens with two attached hydrogens (primary N) is 1. The van der Waals surface area contributed by atoms with Crippen molar-refractivity contribution in [3.8, 4) is 0 Å². The molecule has 4 rings (SSSR count). The molecule has 0 radical (unpaired) electrons. The van der Waals surface area contributed by atoms with E-state index in [1.165, 1.54) is 7.11 Å². The van der Waals surface area contributed by atoms with Gasteiger partial charge in [-0.05, 0) is 59.4 Å². The number of benzene rings is 2. The van der Waals surface area contributed by atoms with E-state index >= 15 is 0 Å². The molecule has 0 spiro atoms. The number of nitrogen functional groups attached to an aromatic ring is 1.